The lowest BCUT2D eigenvalue weighted by Crippen LogP contribution is -2.35. The van der Waals surface area contributed by atoms with Crippen molar-refractivity contribution in [3.8, 4) is 0 Å². The Bertz CT molecular complexity index is 631. The van der Waals surface area contributed by atoms with Gasteiger partial charge in [0.25, 0.3) is 0 Å². The fourth-order valence-electron chi connectivity index (χ4n) is 1.57. The normalized spacial score (nSPS) is 10.4. The van der Waals surface area contributed by atoms with Crippen LogP contribution >= 0.6 is 0 Å². The minimum atomic E-state index is -0.621. The van der Waals surface area contributed by atoms with Gasteiger partial charge < -0.3 is 5.10 Å². The van der Waals surface area contributed by atoms with E-state index < -0.39 is 11.0 Å². The average Bonchev–Trinajstić information content (AvgIpc) is 2.33. The summed E-state index contributed by atoms with van der Waals surface area (Å²) >= 11 is 0. The Labute approximate surface area is 96.3 Å². The third-order valence-corrected chi connectivity index (χ3v) is 2.48. The molecule has 0 fully saturated rings. The summed E-state index contributed by atoms with van der Waals surface area (Å²) < 4.78 is 14.5. The number of benzene rings is 1. The van der Waals surface area contributed by atoms with E-state index in [-0.39, 0.29) is 12.4 Å². The molecule has 1 aromatic heterocycles. The number of nitrogens with one attached hydrogen (secondary N) is 1. The molecule has 0 aliphatic carbocycles. The Morgan fingerprint density at radius 3 is 2.71 bits per heavy atom. The van der Waals surface area contributed by atoms with Crippen molar-refractivity contribution < 1.29 is 4.39 Å². The van der Waals surface area contributed by atoms with Crippen LogP contribution in [0.15, 0.2) is 46.1 Å². The number of rotatable bonds is 3. The Kier molecular flexibility index (Phi) is 3.18. The number of hydrogen-bond acceptors (Lipinski definition) is 2. The van der Waals surface area contributed by atoms with Crippen LogP contribution in [0.3, 0.4) is 0 Å². The van der Waals surface area contributed by atoms with E-state index in [4.69, 9.17) is 0 Å². The molecular formula is C12H11FN2O2. The van der Waals surface area contributed by atoms with Gasteiger partial charge in [0.2, 0.25) is 5.43 Å². The smallest absolute Gasteiger partial charge is 0.303 e. The van der Waals surface area contributed by atoms with Crippen molar-refractivity contribution in [2.75, 3.05) is 0 Å². The Morgan fingerprint density at radius 1 is 1.18 bits per heavy atom. The number of nitrogens with zero attached hydrogens (tertiary/aromatic N) is 1. The van der Waals surface area contributed by atoms with Crippen LogP contribution in [0.1, 0.15) is 5.56 Å². The highest BCUT2D eigenvalue weighted by Crippen LogP contribution is 2.07. The molecule has 1 aromatic carbocycles. The first-order chi connectivity index (χ1) is 8.18. The molecule has 0 atom stereocenters. The SMILES string of the molecule is O=c1cc[nH]n(CCc2ccccc2F)c1=O. The summed E-state index contributed by atoms with van der Waals surface area (Å²) in [4.78, 5) is 22.5. The van der Waals surface area contributed by atoms with Crippen molar-refractivity contribution in [2.24, 2.45) is 0 Å². The van der Waals surface area contributed by atoms with Gasteiger partial charge in [0.1, 0.15) is 5.82 Å². The van der Waals surface area contributed by atoms with E-state index in [9.17, 15) is 14.0 Å². The molecule has 88 valence electrons. The minimum Gasteiger partial charge on any atom is -0.303 e. The van der Waals surface area contributed by atoms with Crippen molar-refractivity contribution in [3.05, 3.63) is 68.5 Å². The zero-order valence-electron chi connectivity index (χ0n) is 9.02. The van der Waals surface area contributed by atoms with E-state index >= 15 is 0 Å². The lowest BCUT2D eigenvalue weighted by molar-refractivity contribution is 0.550. The molecule has 17 heavy (non-hydrogen) atoms. The van der Waals surface area contributed by atoms with Crippen molar-refractivity contribution in [3.63, 3.8) is 0 Å². The predicted molar refractivity (Wildman–Crippen MR) is 61.4 cm³/mol. The molecular weight excluding hydrogens is 223 g/mol. The Hall–Kier alpha value is -2.17. The molecule has 0 aliphatic rings. The second-order valence-corrected chi connectivity index (χ2v) is 3.62. The number of hydrogen-bond donors (Lipinski definition) is 1. The molecule has 2 aromatic rings. The van der Waals surface area contributed by atoms with Gasteiger partial charge in [-0.25, -0.2) is 9.07 Å². The van der Waals surface area contributed by atoms with Gasteiger partial charge >= 0.3 is 5.56 Å². The summed E-state index contributed by atoms with van der Waals surface area (Å²) in [6, 6.07) is 7.53. The average molecular weight is 234 g/mol. The standard InChI is InChI=1S/C12H11FN2O2/c13-10-4-2-1-3-9(10)6-8-15-12(17)11(16)5-7-14-15/h1-5,7,14H,6,8H2. The molecule has 0 saturated carbocycles. The molecule has 2 rings (SSSR count). The van der Waals surface area contributed by atoms with E-state index in [0.717, 1.165) is 0 Å². The molecule has 0 spiro atoms. The maximum Gasteiger partial charge on any atom is 0.312 e. The van der Waals surface area contributed by atoms with Gasteiger partial charge in [0, 0.05) is 18.8 Å². The first-order valence-electron chi connectivity index (χ1n) is 5.20. The largest absolute Gasteiger partial charge is 0.312 e. The van der Waals surface area contributed by atoms with Gasteiger partial charge in [0.15, 0.2) is 0 Å². The lowest BCUT2D eigenvalue weighted by Gasteiger charge is -2.05. The van der Waals surface area contributed by atoms with Gasteiger partial charge in [-0.3, -0.25) is 9.59 Å². The number of aromatic nitrogens is 2. The van der Waals surface area contributed by atoms with Gasteiger partial charge in [-0.2, -0.15) is 0 Å². The lowest BCUT2D eigenvalue weighted by atomic mass is 10.1. The molecule has 0 unspecified atom stereocenters. The van der Waals surface area contributed by atoms with Crippen LogP contribution in [0.2, 0.25) is 0 Å². The summed E-state index contributed by atoms with van der Waals surface area (Å²) in [5.41, 5.74) is -0.676. The highest BCUT2D eigenvalue weighted by atomic mass is 19.1. The van der Waals surface area contributed by atoms with Crippen LogP contribution in [0.5, 0.6) is 0 Å². The van der Waals surface area contributed by atoms with Crippen molar-refractivity contribution in [1.82, 2.24) is 9.78 Å². The number of aryl methyl sites for hydroxylation is 2. The number of H-pyrrole nitrogens is 1. The second-order valence-electron chi connectivity index (χ2n) is 3.62. The van der Waals surface area contributed by atoms with Crippen molar-refractivity contribution in [2.45, 2.75) is 13.0 Å². The molecule has 1 heterocycles. The maximum absolute atomic E-state index is 13.3. The Morgan fingerprint density at radius 2 is 1.94 bits per heavy atom. The van der Waals surface area contributed by atoms with E-state index in [1.165, 1.54) is 23.0 Å². The van der Waals surface area contributed by atoms with E-state index in [1.807, 2.05) is 0 Å². The summed E-state index contributed by atoms with van der Waals surface area (Å²) in [6.07, 6.45) is 1.75. The Balaban J connectivity index is 2.19. The number of halogens is 1. The van der Waals surface area contributed by atoms with Crippen LogP contribution in [-0.2, 0) is 13.0 Å². The van der Waals surface area contributed by atoms with E-state index in [0.29, 0.717) is 12.0 Å². The molecule has 0 saturated heterocycles. The maximum atomic E-state index is 13.3. The summed E-state index contributed by atoms with van der Waals surface area (Å²) in [5.74, 6) is -0.307. The molecule has 0 amide bonds. The summed E-state index contributed by atoms with van der Waals surface area (Å²) in [6.45, 7) is 0.246. The van der Waals surface area contributed by atoms with Gasteiger partial charge in [-0.15, -0.1) is 0 Å². The summed E-state index contributed by atoms with van der Waals surface area (Å²) in [5, 5.41) is 2.65. The molecule has 0 radical (unpaired) electrons. The first kappa shape index (κ1) is 11.3. The van der Waals surface area contributed by atoms with Crippen molar-refractivity contribution >= 4 is 0 Å². The van der Waals surface area contributed by atoms with Gasteiger partial charge in [0.05, 0.1) is 0 Å². The zero-order valence-corrected chi connectivity index (χ0v) is 9.02. The van der Waals surface area contributed by atoms with E-state index in [2.05, 4.69) is 5.10 Å². The van der Waals surface area contributed by atoms with Crippen LogP contribution < -0.4 is 11.0 Å². The minimum absolute atomic E-state index is 0.246. The van der Waals surface area contributed by atoms with Crippen LogP contribution in [0.25, 0.3) is 0 Å². The quantitative estimate of drug-likeness (QED) is 0.803. The highest BCUT2D eigenvalue weighted by Gasteiger charge is 2.03. The van der Waals surface area contributed by atoms with Crippen LogP contribution in [-0.4, -0.2) is 9.78 Å². The topological polar surface area (TPSA) is 54.9 Å². The molecule has 5 heteroatoms. The zero-order chi connectivity index (χ0) is 12.3. The first-order valence-corrected chi connectivity index (χ1v) is 5.20. The molecule has 0 bridgehead atoms. The fraction of sp³-hybridized carbons (Fsp3) is 0.167. The van der Waals surface area contributed by atoms with Gasteiger partial charge in [-0.1, -0.05) is 18.2 Å². The van der Waals surface area contributed by atoms with Crippen LogP contribution in [0.4, 0.5) is 4.39 Å². The monoisotopic (exact) mass is 234 g/mol. The fourth-order valence-corrected chi connectivity index (χ4v) is 1.57. The third-order valence-electron chi connectivity index (χ3n) is 2.48. The molecule has 1 N–H and O–H groups in total. The highest BCUT2D eigenvalue weighted by molar-refractivity contribution is 5.17. The molecule has 4 nitrogen and oxygen atoms in total. The molecule has 0 aliphatic heterocycles. The third kappa shape index (κ3) is 2.50. The van der Waals surface area contributed by atoms with Gasteiger partial charge in [-0.05, 0) is 18.1 Å². The second kappa shape index (κ2) is 4.78. The van der Waals surface area contributed by atoms with E-state index in [1.54, 1.807) is 18.2 Å². The van der Waals surface area contributed by atoms with Crippen LogP contribution in [0, 0.1) is 5.82 Å². The summed E-state index contributed by atoms with van der Waals surface area (Å²) in [7, 11) is 0. The van der Waals surface area contributed by atoms with Crippen molar-refractivity contribution in [1.29, 1.82) is 0 Å². The number of aromatic amines is 1. The predicted octanol–water partition coefficient (Wildman–Crippen LogP) is 0.918.